The second-order valence-electron chi connectivity index (χ2n) is 23.6. The first-order chi connectivity index (χ1) is 37.5. The highest BCUT2D eigenvalue weighted by atomic mass is 15.0. The minimum atomic E-state index is -0.172. The fourth-order valence-electron chi connectivity index (χ4n) is 15.5. The summed E-state index contributed by atoms with van der Waals surface area (Å²) in [5, 5.41) is 15.4. The summed E-state index contributed by atoms with van der Waals surface area (Å²) in [4.78, 5) is 0. The van der Waals surface area contributed by atoms with Crippen molar-refractivity contribution >= 4 is 61.4 Å². The third-order valence-electron chi connectivity index (χ3n) is 17.9. The fraction of sp³-hybridized carbons (Fsp3) is 0.176. The zero-order valence-electron chi connectivity index (χ0n) is 47.2. The number of nitriles is 1. The number of benzene rings is 10. The first-order valence-electron chi connectivity index (χ1n) is 27.7. The number of aromatic nitrogens is 2. The third-order valence-corrected chi connectivity index (χ3v) is 17.9. The van der Waals surface area contributed by atoms with Gasteiger partial charge in [0.15, 0.2) is 0 Å². The maximum atomic E-state index is 10.4. The molecule has 2 aromatic heterocycles. The lowest BCUT2D eigenvalue weighted by atomic mass is 9.45. The summed E-state index contributed by atoms with van der Waals surface area (Å²) in [5.41, 5.74) is 40.9. The molecule has 0 saturated carbocycles. The summed E-state index contributed by atoms with van der Waals surface area (Å²) < 4.78 is 5.37. The molecule has 0 amide bonds. The van der Waals surface area contributed by atoms with Gasteiger partial charge in [0.25, 0.3) is 0 Å². The van der Waals surface area contributed by atoms with Crippen molar-refractivity contribution in [2.75, 3.05) is 0 Å². The molecule has 14 rings (SSSR count). The quantitative estimate of drug-likeness (QED) is 0.158. The zero-order valence-corrected chi connectivity index (χ0v) is 47.2. The van der Waals surface area contributed by atoms with E-state index in [1.54, 1.807) is 0 Å². The number of fused-ring (bicyclic) bond motifs is 10. The summed E-state index contributed by atoms with van der Waals surface area (Å²) in [6, 6.07) is 56.6. The summed E-state index contributed by atoms with van der Waals surface area (Å²) in [7, 11) is 0. The Kier molecular flexibility index (Phi) is 10.4. The van der Waals surface area contributed by atoms with Crippen LogP contribution in [0.25, 0.3) is 116 Å². The van der Waals surface area contributed by atoms with Crippen LogP contribution in [-0.2, 0) is 0 Å². The SMILES string of the molecule is Cc1cc(C)c(-c2ccc3c(c2)c2cc(-c4c(C)cc(C)cc4C)cc4c2n3B2c3c(cc(-c5cccc(C#N)c5)c(C)c3-4)-n3c4ccc(-c5c(C)cc(C)cc5C)cc4c4cc(-c5c(C)cc(C)cc5C)cc2c43)c(C)c1. The van der Waals surface area contributed by atoms with E-state index in [0.29, 0.717) is 5.56 Å². The van der Waals surface area contributed by atoms with Crippen LogP contribution in [0.5, 0.6) is 0 Å². The van der Waals surface area contributed by atoms with Gasteiger partial charge >= 0.3 is 6.85 Å². The molecule has 0 atom stereocenters. The first kappa shape index (κ1) is 47.8. The summed E-state index contributed by atoms with van der Waals surface area (Å²) in [5.74, 6) is 0. The Morgan fingerprint density at radius 2 is 0.821 bits per heavy atom. The van der Waals surface area contributed by atoms with Gasteiger partial charge in [-0.15, -0.1) is 0 Å². The van der Waals surface area contributed by atoms with Gasteiger partial charge in [0.2, 0.25) is 0 Å². The second-order valence-corrected chi connectivity index (χ2v) is 23.6. The number of rotatable bonds is 5. The van der Waals surface area contributed by atoms with Crippen molar-refractivity contribution in [3.05, 3.63) is 217 Å². The molecule has 0 aliphatic carbocycles. The number of hydrogen-bond acceptors (Lipinski definition) is 1. The van der Waals surface area contributed by atoms with Gasteiger partial charge in [0.05, 0.1) is 22.7 Å². The van der Waals surface area contributed by atoms with Crippen molar-refractivity contribution in [3.8, 4) is 78.5 Å². The van der Waals surface area contributed by atoms with Crippen LogP contribution in [0.15, 0.2) is 140 Å². The van der Waals surface area contributed by atoms with Crippen molar-refractivity contribution in [2.45, 2.75) is 90.0 Å². The number of hydrogen-bond donors (Lipinski definition) is 0. The van der Waals surface area contributed by atoms with Gasteiger partial charge < -0.3 is 9.05 Å². The smallest absolute Gasteiger partial charge is 0.333 e. The molecule has 4 heteroatoms. The van der Waals surface area contributed by atoms with E-state index in [4.69, 9.17) is 0 Å². The lowest BCUT2D eigenvalue weighted by Crippen LogP contribution is -2.55. The predicted octanol–water partition coefficient (Wildman–Crippen LogP) is 18.1. The van der Waals surface area contributed by atoms with Crippen molar-refractivity contribution in [1.29, 1.82) is 5.26 Å². The highest BCUT2D eigenvalue weighted by Crippen LogP contribution is 2.50. The molecule has 376 valence electrons. The number of aryl methyl sites for hydroxylation is 12. The molecule has 2 aliphatic rings. The van der Waals surface area contributed by atoms with Crippen LogP contribution < -0.4 is 10.9 Å². The van der Waals surface area contributed by atoms with Crippen LogP contribution in [0.4, 0.5) is 0 Å². The monoisotopic (exact) mass is 1000 g/mol. The Morgan fingerprint density at radius 1 is 0.372 bits per heavy atom. The van der Waals surface area contributed by atoms with Crippen LogP contribution in [0.3, 0.4) is 0 Å². The van der Waals surface area contributed by atoms with E-state index in [1.165, 1.54) is 188 Å². The van der Waals surface area contributed by atoms with E-state index >= 15 is 0 Å². The van der Waals surface area contributed by atoms with E-state index in [-0.39, 0.29) is 6.85 Å². The van der Waals surface area contributed by atoms with Crippen LogP contribution >= 0.6 is 0 Å². The highest BCUT2D eigenvalue weighted by Gasteiger charge is 2.43. The predicted molar refractivity (Wildman–Crippen MR) is 333 cm³/mol. The van der Waals surface area contributed by atoms with Gasteiger partial charge in [-0.2, -0.15) is 5.26 Å². The van der Waals surface area contributed by atoms with Gasteiger partial charge in [-0.1, -0.05) is 101 Å². The van der Waals surface area contributed by atoms with Crippen LogP contribution in [-0.4, -0.2) is 15.9 Å². The highest BCUT2D eigenvalue weighted by molar-refractivity contribution is 6.90. The van der Waals surface area contributed by atoms with Crippen LogP contribution in [0.1, 0.15) is 77.9 Å². The largest absolute Gasteiger partial charge is 0.375 e. The molecular formula is C74H62BN3. The molecule has 0 radical (unpaired) electrons. The van der Waals surface area contributed by atoms with Gasteiger partial charge in [0.1, 0.15) is 0 Å². The summed E-state index contributed by atoms with van der Waals surface area (Å²) in [6.45, 7) is 29.2. The Morgan fingerprint density at radius 3 is 1.33 bits per heavy atom. The van der Waals surface area contributed by atoms with Gasteiger partial charge in [-0.05, 0) is 273 Å². The van der Waals surface area contributed by atoms with Crippen molar-refractivity contribution in [1.82, 2.24) is 9.05 Å². The normalized spacial score (nSPS) is 12.4. The van der Waals surface area contributed by atoms with Gasteiger partial charge in [-0.3, -0.25) is 0 Å². The van der Waals surface area contributed by atoms with E-state index in [2.05, 4.69) is 233 Å². The molecule has 0 N–H and O–H groups in total. The minimum absolute atomic E-state index is 0.172. The zero-order chi connectivity index (χ0) is 54.1. The maximum absolute atomic E-state index is 10.4. The summed E-state index contributed by atoms with van der Waals surface area (Å²) in [6.07, 6.45) is 0. The molecule has 4 heterocycles. The Hall–Kier alpha value is -8.65. The molecule has 10 aromatic carbocycles. The minimum Gasteiger partial charge on any atom is -0.375 e. The molecule has 2 aliphatic heterocycles. The Balaban J connectivity index is 1.20. The van der Waals surface area contributed by atoms with E-state index in [0.717, 1.165) is 11.1 Å². The lowest BCUT2D eigenvalue weighted by molar-refractivity contribution is 1.17. The van der Waals surface area contributed by atoms with E-state index in [1.807, 2.05) is 12.1 Å². The Labute approximate surface area is 459 Å². The third kappa shape index (κ3) is 6.77. The van der Waals surface area contributed by atoms with Gasteiger partial charge in [0, 0.05) is 43.8 Å². The topological polar surface area (TPSA) is 33.6 Å². The van der Waals surface area contributed by atoms with Crippen molar-refractivity contribution < 1.29 is 0 Å². The van der Waals surface area contributed by atoms with E-state index in [9.17, 15) is 5.26 Å². The van der Waals surface area contributed by atoms with E-state index < -0.39 is 0 Å². The molecular weight excluding hydrogens is 942 g/mol. The van der Waals surface area contributed by atoms with Crippen LogP contribution in [0, 0.1) is 101 Å². The fourth-order valence-corrected chi connectivity index (χ4v) is 15.5. The first-order valence-corrected chi connectivity index (χ1v) is 27.7. The average molecular weight is 1000 g/mol. The molecule has 3 nitrogen and oxygen atoms in total. The maximum Gasteiger partial charge on any atom is 0.333 e. The van der Waals surface area contributed by atoms with Crippen LogP contribution in [0.2, 0.25) is 0 Å². The molecule has 12 aromatic rings. The molecule has 0 saturated heterocycles. The molecule has 0 fully saturated rings. The molecule has 0 unspecified atom stereocenters. The van der Waals surface area contributed by atoms with Crippen molar-refractivity contribution in [3.63, 3.8) is 0 Å². The lowest BCUT2D eigenvalue weighted by Gasteiger charge is -2.36. The second kappa shape index (κ2) is 16.9. The average Bonchev–Trinajstić information content (AvgIpc) is 2.33. The molecule has 78 heavy (non-hydrogen) atoms. The number of nitrogens with zero attached hydrogens (tertiary/aromatic N) is 3. The van der Waals surface area contributed by atoms with Gasteiger partial charge in [-0.25, -0.2) is 0 Å². The molecule has 0 spiro atoms. The summed E-state index contributed by atoms with van der Waals surface area (Å²) >= 11 is 0. The van der Waals surface area contributed by atoms with Crippen molar-refractivity contribution in [2.24, 2.45) is 0 Å². The molecule has 0 bridgehead atoms. The Bertz CT molecular complexity index is 4680. The standard InChI is InChI=1S/C74H62BN3/c1-38-21-42(5)67(43(6)22-38)53-17-19-64-58(30-53)61-33-56(70-48(11)27-41(4)28-49(70)12)35-63-74(61)77(64)66-36-57(52-16-14-15-51(29-52)37-76)50(13)71-62-34-55(69-46(9)25-40(3)26-47(69)10)32-60-59-31-54(68-44(7)23-39(2)24-45(68)8)18-20-65(59)78(73(60)62)75(63)72(66)71/h14-36H,1-13H3.